The normalized spacial score (nSPS) is 13.6. The number of sulfone groups is 1. The van der Waals surface area contributed by atoms with E-state index in [0.29, 0.717) is 17.5 Å². The molecule has 3 N–H and O–H groups in total. The first-order valence-corrected chi connectivity index (χ1v) is 9.10. The van der Waals surface area contributed by atoms with E-state index in [0.717, 1.165) is 23.5 Å². The molecule has 1 rings (SSSR count). The summed E-state index contributed by atoms with van der Waals surface area (Å²) in [5.41, 5.74) is 5.57. The van der Waals surface area contributed by atoms with Gasteiger partial charge >= 0.3 is 0 Å². The van der Waals surface area contributed by atoms with Crippen LogP contribution in [0.1, 0.15) is 6.92 Å². The molecule has 0 radical (unpaired) electrons. The molecule has 1 aromatic rings. The number of nitrogens with zero attached hydrogens (tertiary/aromatic N) is 1. The summed E-state index contributed by atoms with van der Waals surface area (Å²) in [5, 5.41) is 3.65. The molecule has 0 amide bonds. The van der Waals surface area contributed by atoms with Gasteiger partial charge in [0.25, 0.3) is 0 Å². The van der Waals surface area contributed by atoms with Gasteiger partial charge in [0.15, 0.2) is 15.7 Å². The maximum absolute atomic E-state index is 11.5. The number of nitrogen functional groups attached to an aromatic ring is 1. The zero-order chi connectivity index (χ0) is 13.1. The van der Waals surface area contributed by atoms with E-state index in [1.54, 1.807) is 11.8 Å². The second-order valence-electron chi connectivity index (χ2n) is 3.94. The highest BCUT2D eigenvalue weighted by Gasteiger charge is 2.21. The van der Waals surface area contributed by atoms with E-state index < -0.39 is 9.84 Å². The summed E-state index contributed by atoms with van der Waals surface area (Å²) >= 11 is 2.86. The quantitative estimate of drug-likeness (QED) is 0.828. The molecule has 0 aliphatic heterocycles. The second kappa shape index (κ2) is 5.92. The van der Waals surface area contributed by atoms with E-state index in [-0.39, 0.29) is 10.7 Å². The minimum atomic E-state index is -3.33. The van der Waals surface area contributed by atoms with Crippen LogP contribution in [0.25, 0.3) is 0 Å². The number of nitrogens with one attached hydrogen (secondary N) is 1. The fraction of sp³-hybridized carbons (Fsp3) is 0.667. The number of aromatic nitrogens is 1. The molecular formula is C9H17N3O2S3. The van der Waals surface area contributed by atoms with Gasteiger partial charge < -0.3 is 11.1 Å². The third-order valence-electron chi connectivity index (χ3n) is 2.11. The molecule has 0 fully saturated rings. The van der Waals surface area contributed by atoms with Crippen LogP contribution in [0.15, 0.2) is 4.90 Å². The van der Waals surface area contributed by atoms with Crippen molar-refractivity contribution in [1.82, 2.24) is 4.37 Å². The first kappa shape index (κ1) is 14.6. The molecule has 1 atom stereocenters. The van der Waals surface area contributed by atoms with E-state index in [4.69, 9.17) is 5.73 Å². The number of hydrogen-bond donors (Lipinski definition) is 2. The fourth-order valence-corrected chi connectivity index (χ4v) is 4.14. The lowest BCUT2D eigenvalue weighted by Crippen LogP contribution is -2.14. The molecule has 0 aliphatic carbocycles. The van der Waals surface area contributed by atoms with Gasteiger partial charge in [-0.05, 0) is 29.5 Å². The van der Waals surface area contributed by atoms with Gasteiger partial charge in [0.2, 0.25) is 0 Å². The van der Waals surface area contributed by atoms with Gasteiger partial charge in [-0.3, -0.25) is 0 Å². The topological polar surface area (TPSA) is 85.1 Å². The third-order valence-corrected chi connectivity index (χ3v) is 5.11. The van der Waals surface area contributed by atoms with Gasteiger partial charge in [-0.25, -0.2) is 8.42 Å². The lowest BCUT2D eigenvalue weighted by Gasteiger charge is -2.11. The highest BCUT2D eigenvalue weighted by atomic mass is 32.2. The van der Waals surface area contributed by atoms with Gasteiger partial charge in [-0.2, -0.15) is 16.1 Å². The first-order valence-electron chi connectivity index (χ1n) is 5.04. The van der Waals surface area contributed by atoms with Crippen LogP contribution in [0.3, 0.4) is 0 Å². The van der Waals surface area contributed by atoms with Gasteiger partial charge in [-0.15, -0.1) is 0 Å². The fourth-order valence-electron chi connectivity index (χ4n) is 1.38. The maximum atomic E-state index is 11.5. The molecule has 0 aliphatic rings. The molecule has 1 heterocycles. The molecule has 98 valence electrons. The van der Waals surface area contributed by atoms with Crippen LogP contribution in [0.2, 0.25) is 0 Å². The standard InChI is InChI=1S/C9H17N3O2S3/c1-6(5-15-2)4-11-9-7(17(3,13)14)8(10)12-16-9/h6,11H,4-5H2,1-3H3,(H2,10,12). The number of hydrogen-bond acceptors (Lipinski definition) is 7. The Morgan fingerprint density at radius 1 is 1.59 bits per heavy atom. The summed E-state index contributed by atoms with van der Waals surface area (Å²) in [7, 11) is -3.33. The van der Waals surface area contributed by atoms with E-state index in [2.05, 4.69) is 16.6 Å². The van der Waals surface area contributed by atoms with Crippen molar-refractivity contribution in [3.05, 3.63) is 0 Å². The highest BCUT2D eigenvalue weighted by Crippen LogP contribution is 2.31. The van der Waals surface area contributed by atoms with Crippen molar-refractivity contribution in [2.24, 2.45) is 5.92 Å². The highest BCUT2D eigenvalue weighted by molar-refractivity contribution is 7.98. The van der Waals surface area contributed by atoms with Crippen molar-refractivity contribution < 1.29 is 8.42 Å². The van der Waals surface area contributed by atoms with Gasteiger partial charge in [0, 0.05) is 12.8 Å². The molecule has 1 aromatic heterocycles. The van der Waals surface area contributed by atoms with Crippen LogP contribution < -0.4 is 11.1 Å². The van der Waals surface area contributed by atoms with E-state index in [1.165, 1.54) is 0 Å². The number of nitrogens with two attached hydrogens (primary N) is 1. The molecule has 0 bridgehead atoms. The maximum Gasteiger partial charge on any atom is 0.182 e. The van der Waals surface area contributed by atoms with Crippen LogP contribution in [-0.4, -0.2) is 37.6 Å². The zero-order valence-corrected chi connectivity index (χ0v) is 12.5. The Hall–Kier alpha value is -0.470. The number of anilines is 2. The smallest absolute Gasteiger partial charge is 0.182 e. The van der Waals surface area contributed by atoms with Crippen molar-refractivity contribution in [1.29, 1.82) is 0 Å². The van der Waals surface area contributed by atoms with E-state index in [1.807, 2.05) is 6.26 Å². The van der Waals surface area contributed by atoms with Crippen LogP contribution >= 0.6 is 23.3 Å². The Bertz CT molecular complexity index is 470. The predicted molar refractivity (Wildman–Crippen MR) is 75.7 cm³/mol. The lowest BCUT2D eigenvalue weighted by atomic mass is 10.2. The summed E-state index contributed by atoms with van der Waals surface area (Å²) in [6.45, 7) is 2.82. The Balaban J connectivity index is 2.80. The summed E-state index contributed by atoms with van der Waals surface area (Å²) in [5.74, 6) is 1.56. The van der Waals surface area contributed by atoms with E-state index >= 15 is 0 Å². The van der Waals surface area contributed by atoms with Crippen LogP contribution in [0.4, 0.5) is 10.8 Å². The molecule has 5 nitrogen and oxygen atoms in total. The average molecular weight is 295 g/mol. The molecule has 8 heteroatoms. The molecule has 0 spiro atoms. The van der Waals surface area contributed by atoms with Crippen LogP contribution in [-0.2, 0) is 9.84 Å². The Labute approximate surface area is 110 Å². The molecule has 1 unspecified atom stereocenters. The second-order valence-corrected chi connectivity index (χ2v) is 7.58. The van der Waals surface area contributed by atoms with Crippen molar-refractivity contribution in [2.45, 2.75) is 11.8 Å². The van der Waals surface area contributed by atoms with Crippen molar-refractivity contribution in [3.63, 3.8) is 0 Å². The Kier molecular flexibility index (Phi) is 5.08. The van der Waals surface area contributed by atoms with Gasteiger partial charge in [0.1, 0.15) is 9.90 Å². The summed E-state index contributed by atoms with van der Waals surface area (Å²) < 4.78 is 27.0. The van der Waals surface area contributed by atoms with Crippen LogP contribution in [0.5, 0.6) is 0 Å². The van der Waals surface area contributed by atoms with Gasteiger partial charge in [0.05, 0.1) is 0 Å². The van der Waals surface area contributed by atoms with Crippen molar-refractivity contribution in [3.8, 4) is 0 Å². The number of thioether (sulfide) groups is 1. The van der Waals surface area contributed by atoms with Crippen molar-refractivity contribution in [2.75, 3.05) is 35.9 Å². The third kappa shape index (κ3) is 4.04. The lowest BCUT2D eigenvalue weighted by molar-refractivity contribution is 0.602. The van der Waals surface area contributed by atoms with Crippen LogP contribution in [0, 0.1) is 5.92 Å². The minimum absolute atomic E-state index is 0.0810. The Morgan fingerprint density at radius 3 is 2.76 bits per heavy atom. The first-order chi connectivity index (χ1) is 7.86. The van der Waals surface area contributed by atoms with E-state index in [9.17, 15) is 8.42 Å². The largest absolute Gasteiger partial charge is 0.382 e. The average Bonchev–Trinajstić information content (AvgIpc) is 2.56. The summed E-state index contributed by atoms with van der Waals surface area (Å²) in [6, 6.07) is 0. The SMILES string of the molecule is CSCC(C)CNc1snc(N)c1S(C)(=O)=O. The summed E-state index contributed by atoms with van der Waals surface area (Å²) in [6.07, 6.45) is 3.19. The van der Waals surface area contributed by atoms with Gasteiger partial charge in [-0.1, -0.05) is 6.92 Å². The molecule has 0 saturated heterocycles. The number of rotatable bonds is 6. The van der Waals surface area contributed by atoms with Crippen molar-refractivity contribution >= 4 is 44.0 Å². The molecule has 17 heavy (non-hydrogen) atoms. The monoisotopic (exact) mass is 295 g/mol. The molecule has 0 saturated carbocycles. The zero-order valence-electron chi connectivity index (χ0n) is 10.1. The Morgan fingerprint density at radius 2 is 2.24 bits per heavy atom. The minimum Gasteiger partial charge on any atom is -0.382 e. The predicted octanol–water partition coefficient (Wildman–Crippen LogP) is 1.54. The summed E-state index contributed by atoms with van der Waals surface area (Å²) in [4.78, 5) is 0.124. The molecular weight excluding hydrogens is 278 g/mol. The molecule has 0 aromatic carbocycles.